The number of anilines is 2. The number of halogens is 1. The van der Waals surface area contributed by atoms with Gasteiger partial charge >= 0.3 is 0 Å². The molecule has 0 saturated carbocycles. The van der Waals surface area contributed by atoms with Gasteiger partial charge in [0.15, 0.2) is 0 Å². The predicted molar refractivity (Wildman–Crippen MR) is 117 cm³/mol. The quantitative estimate of drug-likeness (QED) is 0.585. The van der Waals surface area contributed by atoms with Gasteiger partial charge in [-0.15, -0.1) is 0 Å². The Balaban J connectivity index is 1.67. The highest BCUT2D eigenvalue weighted by Crippen LogP contribution is 2.27. The van der Waals surface area contributed by atoms with Crippen molar-refractivity contribution >= 4 is 27.3 Å². The number of sulfonamides is 1. The minimum Gasteiger partial charge on any atom is -0.356 e. The highest BCUT2D eigenvalue weighted by molar-refractivity contribution is 7.92. The summed E-state index contributed by atoms with van der Waals surface area (Å²) >= 11 is 0. The molecule has 0 aliphatic carbocycles. The Hall–Kier alpha value is -3.26. The molecule has 2 aromatic carbocycles. The van der Waals surface area contributed by atoms with Crippen LogP contribution in [0.2, 0.25) is 0 Å². The van der Waals surface area contributed by atoms with Gasteiger partial charge in [-0.2, -0.15) is 0 Å². The molecule has 0 unspecified atom stereocenters. The van der Waals surface area contributed by atoms with E-state index in [0.717, 1.165) is 0 Å². The third-order valence-corrected chi connectivity index (χ3v) is 7.02. The lowest BCUT2D eigenvalue weighted by Crippen LogP contribution is -2.34. The lowest BCUT2D eigenvalue weighted by Gasteiger charge is -2.28. The smallest absolute Gasteiger partial charge is 0.264 e. The molecule has 160 valence electrons. The fourth-order valence-electron chi connectivity index (χ4n) is 3.49. The summed E-state index contributed by atoms with van der Waals surface area (Å²) in [4.78, 5) is 18.1. The molecule has 6 nitrogen and oxygen atoms in total. The highest BCUT2D eigenvalue weighted by atomic mass is 32.2. The molecule has 0 radical (unpaired) electrons. The van der Waals surface area contributed by atoms with E-state index in [1.807, 2.05) is 4.90 Å². The number of pyridine rings is 1. The molecular formula is C23H22FN3O3S. The van der Waals surface area contributed by atoms with E-state index in [1.54, 1.807) is 54.6 Å². The molecule has 1 aliphatic rings. The molecule has 2 heterocycles. The summed E-state index contributed by atoms with van der Waals surface area (Å²) in [6.07, 6.45) is 2.50. The molecule has 8 heteroatoms. The van der Waals surface area contributed by atoms with Crippen molar-refractivity contribution in [3.63, 3.8) is 0 Å². The van der Waals surface area contributed by atoms with Gasteiger partial charge in [0, 0.05) is 25.9 Å². The number of piperidine rings is 1. The average Bonchev–Trinajstić information content (AvgIpc) is 2.80. The second-order valence-corrected chi connectivity index (χ2v) is 9.21. The van der Waals surface area contributed by atoms with E-state index in [4.69, 9.17) is 0 Å². The zero-order chi connectivity index (χ0) is 21.8. The number of aromatic nitrogens is 1. The van der Waals surface area contributed by atoms with Crippen LogP contribution < -0.4 is 9.21 Å². The van der Waals surface area contributed by atoms with Crippen LogP contribution in [0.15, 0.2) is 77.8 Å². The number of carbonyl (C=O) groups excluding carboxylic acids is 1. The van der Waals surface area contributed by atoms with Crippen molar-refractivity contribution in [2.24, 2.45) is 0 Å². The molecule has 1 fully saturated rings. The van der Waals surface area contributed by atoms with Gasteiger partial charge < -0.3 is 4.90 Å². The fraction of sp³-hybridized carbons (Fsp3) is 0.217. The molecule has 0 bridgehead atoms. The lowest BCUT2D eigenvalue weighted by molar-refractivity contribution is -0.119. The molecule has 4 rings (SSSR count). The SMILES string of the molecule is O=C1CCN(c2ccc(N(Cc3ccc(F)cc3)S(=O)(=O)c3ccccc3)cn2)CC1. The van der Waals surface area contributed by atoms with E-state index in [-0.39, 0.29) is 23.0 Å². The van der Waals surface area contributed by atoms with Gasteiger partial charge in [0.05, 0.1) is 23.3 Å². The Kier molecular flexibility index (Phi) is 5.99. The van der Waals surface area contributed by atoms with Gasteiger partial charge in [0.1, 0.15) is 17.4 Å². The molecule has 0 amide bonds. The summed E-state index contributed by atoms with van der Waals surface area (Å²) in [5, 5.41) is 0. The molecule has 3 aromatic rings. The number of benzene rings is 2. The highest BCUT2D eigenvalue weighted by Gasteiger charge is 2.26. The van der Waals surface area contributed by atoms with E-state index >= 15 is 0 Å². The van der Waals surface area contributed by atoms with Crippen LogP contribution in [0, 0.1) is 5.82 Å². The van der Waals surface area contributed by atoms with Crippen LogP contribution in [0.4, 0.5) is 15.9 Å². The number of carbonyl (C=O) groups is 1. The maximum Gasteiger partial charge on any atom is 0.264 e. The van der Waals surface area contributed by atoms with E-state index < -0.39 is 10.0 Å². The monoisotopic (exact) mass is 439 g/mol. The van der Waals surface area contributed by atoms with Crippen molar-refractivity contribution in [3.05, 3.63) is 84.3 Å². The summed E-state index contributed by atoms with van der Waals surface area (Å²) in [7, 11) is -3.87. The molecule has 31 heavy (non-hydrogen) atoms. The van der Waals surface area contributed by atoms with Gasteiger partial charge in [0.25, 0.3) is 10.0 Å². The van der Waals surface area contributed by atoms with Crippen LogP contribution in [0.1, 0.15) is 18.4 Å². The zero-order valence-electron chi connectivity index (χ0n) is 16.8. The number of hydrogen-bond donors (Lipinski definition) is 0. The number of rotatable bonds is 6. The van der Waals surface area contributed by atoms with Crippen molar-refractivity contribution in [2.45, 2.75) is 24.3 Å². The number of nitrogens with zero attached hydrogens (tertiary/aromatic N) is 3. The van der Waals surface area contributed by atoms with Gasteiger partial charge in [0.2, 0.25) is 0 Å². The molecule has 0 spiro atoms. The second kappa shape index (κ2) is 8.85. The summed E-state index contributed by atoms with van der Waals surface area (Å²) < 4.78 is 41.4. The first-order valence-corrected chi connectivity index (χ1v) is 11.4. The lowest BCUT2D eigenvalue weighted by atomic mass is 10.1. The van der Waals surface area contributed by atoms with Crippen LogP contribution in [0.25, 0.3) is 0 Å². The van der Waals surface area contributed by atoms with Crippen molar-refractivity contribution in [1.29, 1.82) is 0 Å². The van der Waals surface area contributed by atoms with Crippen LogP contribution in [-0.2, 0) is 21.4 Å². The van der Waals surface area contributed by atoms with Gasteiger partial charge in [-0.1, -0.05) is 30.3 Å². The average molecular weight is 440 g/mol. The normalized spacial score (nSPS) is 14.5. The standard InChI is InChI=1S/C23H22FN3O3S/c24-19-8-6-18(7-9-19)17-27(31(29,30)22-4-2-1-3-5-22)20-10-11-23(25-16-20)26-14-12-21(28)13-15-26/h1-11,16H,12-15,17H2. The van der Waals surface area contributed by atoms with Crippen LogP contribution in [-0.4, -0.2) is 32.3 Å². The molecule has 1 aromatic heterocycles. The Morgan fingerprint density at radius 3 is 2.23 bits per heavy atom. The topological polar surface area (TPSA) is 70.6 Å². The van der Waals surface area contributed by atoms with Crippen molar-refractivity contribution in [2.75, 3.05) is 22.3 Å². The van der Waals surface area contributed by atoms with Crippen molar-refractivity contribution in [1.82, 2.24) is 4.98 Å². The van der Waals surface area contributed by atoms with Crippen molar-refractivity contribution in [3.8, 4) is 0 Å². The molecular weight excluding hydrogens is 417 g/mol. The zero-order valence-corrected chi connectivity index (χ0v) is 17.6. The molecule has 0 atom stereocenters. The van der Waals surface area contributed by atoms with Gasteiger partial charge in [-0.25, -0.2) is 17.8 Å². The Morgan fingerprint density at radius 1 is 0.935 bits per heavy atom. The largest absolute Gasteiger partial charge is 0.356 e. The minimum atomic E-state index is -3.87. The van der Waals surface area contributed by atoms with E-state index in [2.05, 4.69) is 4.98 Å². The van der Waals surface area contributed by atoms with Gasteiger partial charge in [-0.3, -0.25) is 9.10 Å². The summed E-state index contributed by atoms with van der Waals surface area (Å²) in [5.74, 6) is 0.564. The van der Waals surface area contributed by atoms with E-state index in [0.29, 0.717) is 43.0 Å². The van der Waals surface area contributed by atoms with E-state index in [1.165, 1.54) is 22.6 Å². The summed E-state index contributed by atoms with van der Waals surface area (Å²) in [6, 6.07) is 17.4. The first-order valence-electron chi connectivity index (χ1n) is 9.98. The fourth-order valence-corrected chi connectivity index (χ4v) is 4.95. The minimum absolute atomic E-state index is 0.0384. The Morgan fingerprint density at radius 2 is 1.61 bits per heavy atom. The van der Waals surface area contributed by atoms with Crippen LogP contribution in [0.5, 0.6) is 0 Å². The first kappa shape index (κ1) is 21.0. The first-order chi connectivity index (χ1) is 14.9. The van der Waals surface area contributed by atoms with Crippen molar-refractivity contribution < 1.29 is 17.6 Å². The maximum atomic E-state index is 13.4. The van der Waals surface area contributed by atoms with Gasteiger partial charge in [-0.05, 0) is 42.0 Å². The third kappa shape index (κ3) is 4.74. The summed E-state index contributed by atoms with van der Waals surface area (Å²) in [6.45, 7) is 1.25. The number of Topliss-reactive ketones (excluding diaryl/α,β-unsaturated/α-hetero) is 1. The van der Waals surface area contributed by atoms with Crippen LogP contribution >= 0.6 is 0 Å². The van der Waals surface area contributed by atoms with E-state index in [9.17, 15) is 17.6 Å². The second-order valence-electron chi connectivity index (χ2n) is 7.35. The number of ketones is 1. The van der Waals surface area contributed by atoms with Crippen LogP contribution in [0.3, 0.4) is 0 Å². The predicted octanol–water partition coefficient (Wildman–Crippen LogP) is 3.79. The third-order valence-electron chi connectivity index (χ3n) is 5.24. The molecule has 1 aliphatic heterocycles. The Labute approximate surface area is 181 Å². The molecule has 0 N–H and O–H groups in total. The number of hydrogen-bond acceptors (Lipinski definition) is 5. The maximum absolute atomic E-state index is 13.4. The molecule has 1 saturated heterocycles. The summed E-state index contributed by atoms with van der Waals surface area (Å²) in [5.41, 5.74) is 1.06. The Bertz CT molecular complexity index is 1140.